The van der Waals surface area contributed by atoms with Crippen LogP contribution in [0, 0.1) is 0 Å². The average Bonchev–Trinajstić information content (AvgIpc) is 1.84. The average molecular weight is 144 g/mol. The molecule has 0 bridgehead atoms. The molecule has 0 aliphatic heterocycles. The molecular weight excluding hydrogens is 126 g/mol. The summed E-state index contributed by atoms with van der Waals surface area (Å²) < 4.78 is 5.93. The molecule has 2 heteroatoms. The molecule has 0 fully saturated rings. The van der Waals surface area contributed by atoms with Gasteiger partial charge in [0.15, 0.2) is 0 Å². The second-order valence-corrected chi connectivity index (χ2v) is 3.12. The van der Waals surface area contributed by atoms with E-state index in [2.05, 4.69) is 20.7 Å². The Bertz CT molecular complexity index is 99.4. The maximum Gasteiger partial charge on any atom is 0.102 e. The van der Waals surface area contributed by atoms with Crippen molar-refractivity contribution < 1.29 is 9.22 Å². The number of quaternary nitrogens is 1. The molecule has 0 aromatic carbocycles. The molecule has 0 N–H and O–H groups in total. The van der Waals surface area contributed by atoms with Gasteiger partial charge in [-0.15, -0.1) is 0 Å². The molecule has 0 aliphatic carbocycles. The summed E-state index contributed by atoms with van der Waals surface area (Å²) in [6, 6.07) is 0. The fourth-order valence-electron chi connectivity index (χ4n) is 0.779. The highest BCUT2D eigenvalue weighted by Gasteiger charge is 2.10. The van der Waals surface area contributed by atoms with Crippen LogP contribution in [0.15, 0.2) is 12.7 Å². The number of hydrogen-bond acceptors (Lipinski definition) is 1. The summed E-state index contributed by atoms with van der Waals surface area (Å²) in [6.45, 7) is 6.57. The summed E-state index contributed by atoms with van der Waals surface area (Å²) >= 11 is 0. The maximum atomic E-state index is 4.97. The van der Waals surface area contributed by atoms with Gasteiger partial charge in [0.05, 0.1) is 27.2 Å². The van der Waals surface area contributed by atoms with E-state index in [1.165, 1.54) is 0 Å². The van der Waals surface area contributed by atoms with E-state index in [0.717, 1.165) is 24.2 Å². The number of likely N-dealkylation sites (N-methyl/N-ethyl adjacent to an activating group) is 1. The smallest absolute Gasteiger partial charge is 0.102 e. The molecule has 10 heavy (non-hydrogen) atoms. The van der Waals surface area contributed by atoms with Gasteiger partial charge in [-0.05, 0) is 6.08 Å². The first kappa shape index (κ1) is 9.66. The molecule has 0 atom stereocenters. The first-order chi connectivity index (χ1) is 4.62. The molecule has 60 valence electrons. The standard InChI is InChI=1S/C8H18NO/c1-5-6-9(2,3)7-8-10-4/h5H,1,6-8H2,2-4H3/q+1. The summed E-state index contributed by atoms with van der Waals surface area (Å²) in [7, 11) is 6.06. The summed E-state index contributed by atoms with van der Waals surface area (Å²) in [5.41, 5.74) is 0. The van der Waals surface area contributed by atoms with Crippen molar-refractivity contribution in [2.45, 2.75) is 0 Å². The monoisotopic (exact) mass is 144 g/mol. The van der Waals surface area contributed by atoms with Gasteiger partial charge in [0.25, 0.3) is 0 Å². The molecule has 0 saturated heterocycles. The number of rotatable bonds is 5. The number of hydrogen-bond donors (Lipinski definition) is 0. The second kappa shape index (κ2) is 4.47. The number of ether oxygens (including phenoxy) is 1. The van der Waals surface area contributed by atoms with Crippen molar-refractivity contribution in [1.82, 2.24) is 0 Å². The van der Waals surface area contributed by atoms with Crippen molar-refractivity contribution in [2.24, 2.45) is 0 Å². The highest BCUT2D eigenvalue weighted by atomic mass is 16.5. The molecule has 0 aromatic rings. The molecule has 0 aromatic heterocycles. The summed E-state index contributed by atoms with van der Waals surface area (Å²) in [6.07, 6.45) is 1.94. The van der Waals surface area contributed by atoms with Crippen molar-refractivity contribution in [3.63, 3.8) is 0 Å². The van der Waals surface area contributed by atoms with E-state index in [-0.39, 0.29) is 0 Å². The molecule has 0 amide bonds. The largest absolute Gasteiger partial charge is 0.379 e. The first-order valence-electron chi connectivity index (χ1n) is 3.54. The highest BCUT2D eigenvalue weighted by Crippen LogP contribution is 1.95. The Balaban J connectivity index is 3.51. The normalized spacial score (nSPS) is 11.5. The van der Waals surface area contributed by atoms with Gasteiger partial charge in [0.2, 0.25) is 0 Å². The molecule has 0 spiro atoms. The Hall–Kier alpha value is -0.340. The lowest BCUT2D eigenvalue weighted by Crippen LogP contribution is -2.42. The number of methoxy groups -OCH3 is 1. The van der Waals surface area contributed by atoms with Crippen molar-refractivity contribution in [1.29, 1.82) is 0 Å². The Labute approximate surface area is 63.7 Å². The van der Waals surface area contributed by atoms with Gasteiger partial charge in [0.1, 0.15) is 6.54 Å². The van der Waals surface area contributed by atoms with Gasteiger partial charge in [-0.1, -0.05) is 6.58 Å². The second-order valence-electron chi connectivity index (χ2n) is 3.12. The molecular formula is C8H18NO+. The molecule has 0 aliphatic rings. The van der Waals surface area contributed by atoms with Gasteiger partial charge < -0.3 is 9.22 Å². The SMILES string of the molecule is C=CC[N+](C)(C)CCOC. The van der Waals surface area contributed by atoms with E-state index in [1.54, 1.807) is 7.11 Å². The minimum atomic E-state index is 0.820. The molecule has 0 saturated carbocycles. The molecule has 0 heterocycles. The summed E-state index contributed by atoms with van der Waals surface area (Å²) in [5.74, 6) is 0. The van der Waals surface area contributed by atoms with E-state index in [9.17, 15) is 0 Å². The lowest BCUT2D eigenvalue weighted by molar-refractivity contribution is -0.884. The van der Waals surface area contributed by atoms with Crippen LogP contribution in [0.4, 0.5) is 0 Å². The lowest BCUT2D eigenvalue weighted by Gasteiger charge is -2.27. The summed E-state index contributed by atoms with van der Waals surface area (Å²) in [5, 5.41) is 0. The van der Waals surface area contributed by atoms with Crippen molar-refractivity contribution in [2.75, 3.05) is 40.9 Å². The van der Waals surface area contributed by atoms with E-state index in [0.29, 0.717) is 0 Å². The number of nitrogens with zero attached hydrogens (tertiary/aromatic N) is 1. The van der Waals surface area contributed by atoms with Crippen molar-refractivity contribution in [3.8, 4) is 0 Å². The third-order valence-corrected chi connectivity index (χ3v) is 1.52. The van der Waals surface area contributed by atoms with Gasteiger partial charge in [-0.25, -0.2) is 0 Å². The third-order valence-electron chi connectivity index (χ3n) is 1.52. The maximum absolute atomic E-state index is 4.97. The molecule has 0 unspecified atom stereocenters. The third kappa shape index (κ3) is 4.53. The zero-order valence-electron chi connectivity index (χ0n) is 7.26. The van der Waals surface area contributed by atoms with Crippen LogP contribution in [-0.2, 0) is 4.74 Å². The van der Waals surface area contributed by atoms with Crippen molar-refractivity contribution in [3.05, 3.63) is 12.7 Å². The Morgan fingerprint density at radius 2 is 2.10 bits per heavy atom. The predicted octanol–water partition coefficient (Wildman–Crippen LogP) is 0.895. The Morgan fingerprint density at radius 3 is 2.50 bits per heavy atom. The topological polar surface area (TPSA) is 9.23 Å². The molecule has 0 rings (SSSR count). The van der Waals surface area contributed by atoms with E-state index >= 15 is 0 Å². The lowest BCUT2D eigenvalue weighted by atomic mass is 10.4. The van der Waals surface area contributed by atoms with Gasteiger partial charge >= 0.3 is 0 Å². The zero-order valence-corrected chi connectivity index (χ0v) is 7.26. The minimum absolute atomic E-state index is 0.820. The quantitative estimate of drug-likeness (QED) is 0.411. The van der Waals surface area contributed by atoms with Gasteiger partial charge in [-0.3, -0.25) is 0 Å². The highest BCUT2D eigenvalue weighted by molar-refractivity contribution is 4.64. The van der Waals surface area contributed by atoms with E-state index in [1.807, 2.05) is 6.08 Å². The molecule has 0 radical (unpaired) electrons. The Kier molecular flexibility index (Phi) is 4.32. The van der Waals surface area contributed by atoms with Crippen molar-refractivity contribution >= 4 is 0 Å². The van der Waals surface area contributed by atoms with Crippen LogP contribution in [0.1, 0.15) is 0 Å². The first-order valence-corrected chi connectivity index (χ1v) is 3.54. The van der Waals surface area contributed by atoms with Crippen LogP contribution >= 0.6 is 0 Å². The van der Waals surface area contributed by atoms with Crippen LogP contribution in [-0.4, -0.2) is 45.4 Å². The van der Waals surface area contributed by atoms with E-state index in [4.69, 9.17) is 4.74 Å². The van der Waals surface area contributed by atoms with Crippen LogP contribution < -0.4 is 0 Å². The van der Waals surface area contributed by atoms with Crippen LogP contribution in [0.2, 0.25) is 0 Å². The zero-order chi connectivity index (χ0) is 8.04. The van der Waals surface area contributed by atoms with Gasteiger partial charge in [-0.2, -0.15) is 0 Å². The predicted molar refractivity (Wildman–Crippen MR) is 43.9 cm³/mol. The molecule has 2 nitrogen and oxygen atoms in total. The Morgan fingerprint density at radius 1 is 1.50 bits per heavy atom. The fourth-order valence-corrected chi connectivity index (χ4v) is 0.779. The minimum Gasteiger partial charge on any atom is -0.379 e. The fraction of sp³-hybridized carbons (Fsp3) is 0.750. The summed E-state index contributed by atoms with van der Waals surface area (Å²) in [4.78, 5) is 0. The van der Waals surface area contributed by atoms with E-state index < -0.39 is 0 Å². The van der Waals surface area contributed by atoms with Gasteiger partial charge in [0, 0.05) is 7.11 Å². The van der Waals surface area contributed by atoms with Crippen LogP contribution in [0.5, 0.6) is 0 Å². The van der Waals surface area contributed by atoms with Crippen LogP contribution in [0.25, 0.3) is 0 Å². The van der Waals surface area contributed by atoms with Crippen LogP contribution in [0.3, 0.4) is 0 Å².